The first-order valence-electron chi connectivity index (χ1n) is 6.49. The Balaban J connectivity index is 2.11. The summed E-state index contributed by atoms with van der Waals surface area (Å²) in [5, 5.41) is 12.1. The van der Waals surface area contributed by atoms with Gasteiger partial charge in [0.2, 0.25) is 0 Å². The third kappa shape index (κ3) is 4.63. The number of hydrogen-bond donors (Lipinski definition) is 1. The zero-order valence-electron chi connectivity index (χ0n) is 11.3. The fourth-order valence-corrected chi connectivity index (χ4v) is 2.24. The maximum absolute atomic E-state index is 9.02. The maximum Gasteiger partial charge on any atom is 0.103 e. The summed E-state index contributed by atoms with van der Waals surface area (Å²) >= 11 is 0. The summed E-state index contributed by atoms with van der Waals surface area (Å²) in [6.45, 7) is 5.31. The zero-order chi connectivity index (χ0) is 12.7. The maximum atomic E-state index is 9.02. The van der Waals surface area contributed by atoms with E-state index in [-0.39, 0.29) is 5.54 Å². The molecule has 1 aliphatic rings. The average molecular weight is 239 g/mol. The summed E-state index contributed by atoms with van der Waals surface area (Å²) in [5.74, 6) is 0. The normalized spacial score (nSPS) is 24.5. The Bertz CT molecular complexity index is 264. The van der Waals surface area contributed by atoms with Crippen LogP contribution >= 0.6 is 0 Å². The smallest absolute Gasteiger partial charge is 0.103 e. The van der Waals surface area contributed by atoms with Gasteiger partial charge in [-0.05, 0) is 46.2 Å². The Morgan fingerprint density at radius 1 is 1.53 bits per heavy atom. The number of nitrogens with zero attached hydrogens (tertiary/aromatic N) is 2. The summed E-state index contributed by atoms with van der Waals surface area (Å²) in [4.78, 5) is 2.46. The first-order valence-corrected chi connectivity index (χ1v) is 6.49. The summed E-state index contributed by atoms with van der Waals surface area (Å²) in [5.41, 5.74) is -0.361. The Kier molecular flexibility index (Phi) is 5.90. The van der Waals surface area contributed by atoms with Crippen molar-refractivity contribution in [3.05, 3.63) is 0 Å². The van der Waals surface area contributed by atoms with E-state index in [0.29, 0.717) is 6.10 Å². The van der Waals surface area contributed by atoms with Gasteiger partial charge in [0.15, 0.2) is 0 Å². The molecule has 0 aliphatic carbocycles. The molecule has 0 aromatic carbocycles. The van der Waals surface area contributed by atoms with Crippen LogP contribution < -0.4 is 5.32 Å². The van der Waals surface area contributed by atoms with E-state index in [0.717, 1.165) is 45.3 Å². The van der Waals surface area contributed by atoms with Crippen molar-refractivity contribution < 1.29 is 4.74 Å². The lowest BCUT2D eigenvalue weighted by Gasteiger charge is -2.21. The van der Waals surface area contributed by atoms with Crippen LogP contribution in [0.4, 0.5) is 0 Å². The Morgan fingerprint density at radius 2 is 2.29 bits per heavy atom. The molecule has 4 nitrogen and oxygen atoms in total. The highest BCUT2D eigenvalue weighted by atomic mass is 16.5. The van der Waals surface area contributed by atoms with Gasteiger partial charge in [0.1, 0.15) is 5.54 Å². The second-order valence-corrected chi connectivity index (χ2v) is 5.10. The van der Waals surface area contributed by atoms with Crippen LogP contribution in [0.3, 0.4) is 0 Å². The molecule has 17 heavy (non-hydrogen) atoms. The van der Waals surface area contributed by atoms with Gasteiger partial charge in [-0.3, -0.25) is 0 Å². The van der Waals surface area contributed by atoms with Crippen molar-refractivity contribution in [1.82, 2.24) is 10.2 Å². The number of nitriles is 1. The average Bonchev–Trinajstić information content (AvgIpc) is 2.82. The minimum absolute atomic E-state index is 0.361. The molecule has 0 aromatic heterocycles. The Hall–Kier alpha value is -0.630. The highest BCUT2D eigenvalue weighted by Gasteiger charge is 2.23. The van der Waals surface area contributed by atoms with E-state index < -0.39 is 0 Å². The largest absolute Gasteiger partial charge is 0.380 e. The van der Waals surface area contributed by atoms with Gasteiger partial charge in [0, 0.05) is 20.2 Å². The van der Waals surface area contributed by atoms with Crippen LogP contribution in [0.25, 0.3) is 0 Å². The van der Waals surface area contributed by atoms with Crippen molar-refractivity contribution in [2.45, 2.75) is 44.2 Å². The highest BCUT2D eigenvalue weighted by Crippen LogP contribution is 2.15. The SMILES string of the molecule is CNC(C)(C#N)CCCCN1CCC(OC)C1. The molecule has 0 bridgehead atoms. The predicted octanol–water partition coefficient (Wildman–Crippen LogP) is 1.38. The van der Waals surface area contributed by atoms with Gasteiger partial charge in [-0.15, -0.1) is 0 Å². The topological polar surface area (TPSA) is 48.3 Å². The highest BCUT2D eigenvalue weighted by molar-refractivity contribution is 5.02. The summed E-state index contributed by atoms with van der Waals surface area (Å²) < 4.78 is 5.34. The van der Waals surface area contributed by atoms with Crippen LogP contribution in [0.1, 0.15) is 32.6 Å². The zero-order valence-corrected chi connectivity index (χ0v) is 11.3. The molecule has 1 rings (SSSR count). The molecule has 2 unspecified atom stereocenters. The molecule has 0 spiro atoms. The summed E-state index contributed by atoms with van der Waals surface area (Å²) in [7, 11) is 3.65. The minimum atomic E-state index is -0.361. The molecule has 1 fully saturated rings. The third-order valence-corrected chi connectivity index (χ3v) is 3.76. The van der Waals surface area contributed by atoms with Crippen molar-refractivity contribution in [1.29, 1.82) is 5.26 Å². The van der Waals surface area contributed by atoms with E-state index in [1.807, 2.05) is 14.0 Å². The number of likely N-dealkylation sites (tertiary alicyclic amines) is 1. The van der Waals surface area contributed by atoms with Crippen LogP contribution in [0, 0.1) is 11.3 Å². The van der Waals surface area contributed by atoms with E-state index in [9.17, 15) is 0 Å². The summed E-state index contributed by atoms with van der Waals surface area (Å²) in [6.07, 6.45) is 4.76. The van der Waals surface area contributed by atoms with Gasteiger partial charge in [-0.25, -0.2) is 0 Å². The van der Waals surface area contributed by atoms with Gasteiger partial charge < -0.3 is 15.0 Å². The minimum Gasteiger partial charge on any atom is -0.380 e. The van der Waals surface area contributed by atoms with Crippen LogP contribution in [-0.2, 0) is 4.74 Å². The van der Waals surface area contributed by atoms with E-state index in [1.165, 1.54) is 0 Å². The van der Waals surface area contributed by atoms with E-state index in [2.05, 4.69) is 16.3 Å². The molecule has 1 aliphatic heterocycles. The van der Waals surface area contributed by atoms with E-state index in [1.54, 1.807) is 7.11 Å². The molecule has 1 N–H and O–H groups in total. The number of rotatable bonds is 7. The molecule has 0 saturated carbocycles. The van der Waals surface area contributed by atoms with Gasteiger partial charge >= 0.3 is 0 Å². The molecule has 1 heterocycles. The van der Waals surface area contributed by atoms with Crippen molar-refractivity contribution in [3.8, 4) is 6.07 Å². The van der Waals surface area contributed by atoms with Crippen LogP contribution in [-0.4, -0.2) is 50.3 Å². The number of ether oxygens (including phenoxy) is 1. The predicted molar refractivity (Wildman–Crippen MR) is 68.8 cm³/mol. The number of hydrogen-bond acceptors (Lipinski definition) is 4. The molecular formula is C13H25N3O. The summed E-state index contributed by atoms with van der Waals surface area (Å²) in [6, 6.07) is 2.33. The van der Waals surface area contributed by atoms with Gasteiger partial charge in [0.25, 0.3) is 0 Å². The fraction of sp³-hybridized carbons (Fsp3) is 0.923. The van der Waals surface area contributed by atoms with Gasteiger partial charge in [-0.2, -0.15) is 5.26 Å². The Morgan fingerprint density at radius 3 is 2.82 bits per heavy atom. The standard InChI is InChI=1S/C13H25N3O/c1-13(11-14,15-2)7-4-5-8-16-9-6-12(10-16)17-3/h12,15H,4-10H2,1-3H3. The Labute approximate surface area is 105 Å². The second kappa shape index (κ2) is 6.95. The van der Waals surface area contributed by atoms with Crippen LogP contribution in [0.15, 0.2) is 0 Å². The molecule has 0 radical (unpaired) electrons. The quantitative estimate of drug-likeness (QED) is 0.682. The van der Waals surface area contributed by atoms with Crippen LogP contribution in [0.2, 0.25) is 0 Å². The van der Waals surface area contributed by atoms with Crippen molar-refractivity contribution in [3.63, 3.8) is 0 Å². The lowest BCUT2D eigenvalue weighted by Crippen LogP contribution is -2.38. The van der Waals surface area contributed by atoms with Crippen molar-refractivity contribution in [2.24, 2.45) is 0 Å². The first-order chi connectivity index (χ1) is 8.13. The molecule has 0 amide bonds. The molecule has 98 valence electrons. The van der Waals surface area contributed by atoms with Crippen molar-refractivity contribution in [2.75, 3.05) is 33.8 Å². The van der Waals surface area contributed by atoms with E-state index in [4.69, 9.17) is 10.00 Å². The fourth-order valence-electron chi connectivity index (χ4n) is 2.24. The number of methoxy groups -OCH3 is 1. The third-order valence-electron chi connectivity index (χ3n) is 3.76. The number of unbranched alkanes of at least 4 members (excludes halogenated alkanes) is 1. The van der Waals surface area contributed by atoms with Gasteiger partial charge in [-0.1, -0.05) is 0 Å². The van der Waals surface area contributed by atoms with Crippen molar-refractivity contribution >= 4 is 0 Å². The van der Waals surface area contributed by atoms with Gasteiger partial charge in [0.05, 0.1) is 12.2 Å². The van der Waals surface area contributed by atoms with Crippen LogP contribution in [0.5, 0.6) is 0 Å². The monoisotopic (exact) mass is 239 g/mol. The molecule has 4 heteroatoms. The molecule has 0 aromatic rings. The second-order valence-electron chi connectivity index (χ2n) is 5.10. The first kappa shape index (κ1) is 14.4. The molecule has 1 saturated heterocycles. The number of nitrogens with one attached hydrogen (secondary N) is 1. The lowest BCUT2D eigenvalue weighted by atomic mass is 9.97. The van der Waals surface area contributed by atoms with E-state index >= 15 is 0 Å². The molecule has 2 atom stereocenters. The lowest BCUT2D eigenvalue weighted by molar-refractivity contribution is 0.108. The molecular weight excluding hydrogens is 214 g/mol.